The summed E-state index contributed by atoms with van der Waals surface area (Å²) in [6, 6.07) is 7.01. The zero-order chi connectivity index (χ0) is 15.1. The van der Waals surface area contributed by atoms with Crippen LogP contribution in [0.25, 0.3) is 0 Å². The Kier molecular flexibility index (Phi) is 5.28. The Labute approximate surface area is 122 Å². The topological polar surface area (TPSA) is 103 Å². The Morgan fingerprint density at radius 2 is 2.24 bits per heavy atom. The number of para-hydroxylation sites is 1. The van der Waals surface area contributed by atoms with Gasteiger partial charge in [0.2, 0.25) is 11.7 Å². The summed E-state index contributed by atoms with van der Waals surface area (Å²) in [6.07, 6.45) is 0.733. The van der Waals surface area contributed by atoms with Crippen molar-refractivity contribution < 1.29 is 14.1 Å². The number of nitrogens with one attached hydrogen (secondary N) is 1. The van der Waals surface area contributed by atoms with Gasteiger partial charge in [0.1, 0.15) is 5.75 Å². The van der Waals surface area contributed by atoms with Crippen molar-refractivity contribution >= 4 is 5.91 Å². The maximum atomic E-state index is 12.1. The highest BCUT2D eigenvalue weighted by molar-refractivity contribution is 5.96. The molecule has 1 aromatic carbocycles. The molecule has 1 aromatic heterocycles. The zero-order valence-electron chi connectivity index (χ0n) is 11.8. The van der Waals surface area contributed by atoms with Crippen molar-refractivity contribution in [3.05, 3.63) is 41.5 Å². The van der Waals surface area contributed by atoms with Gasteiger partial charge in [-0.05, 0) is 25.1 Å². The van der Waals surface area contributed by atoms with E-state index in [2.05, 4.69) is 15.5 Å². The Bertz CT molecular complexity index is 597. The van der Waals surface area contributed by atoms with Crippen molar-refractivity contribution in [2.45, 2.75) is 20.0 Å². The normalized spacial score (nSPS) is 10.4. The molecule has 1 amide bonds. The number of hydrogen-bond acceptors (Lipinski definition) is 6. The van der Waals surface area contributed by atoms with Crippen LogP contribution in [-0.4, -0.2) is 29.1 Å². The molecule has 112 valence electrons. The lowest BCUT2D eigenvalue weighted by Gasteiger charge is -2.10. The lowest BCUT2D eigenvalue weighted by Crippen LogP contribution is -2.26. The van der Waals surface area contributed by atoms with Gasteiger partial charge in [0.05, 0.1) is 5.56 Å². The number of rotatable bonds is 7. The fraction of sp³-hybridized carbons (Fsp3) is 0.357. The van der Waals surface area contributed by atoms with E-state index >= 15 is 0 Å². The minimum Gasteiger partial charge on any atom is -0.485 e. The maximum Gasteiger partial charge on any atom is 0.255 e. The number of carbonyl (C=O) groups excluding carboxylic acids is 1. The van der Waals surface area contributed by atoms with Crippen molar-refractivity contribution in [3.63, 3.8) is 0 Å². The molecule has 0 atom stereocenters. The molecule has 0 unspecified atom stereocenters. The second-order valence-corrected chi connectivity index (χ2v) is 4.41. The van der Waals surface area contributed by atoms with E-state index in [0.29, 0.717) is 36.1 Å². The number of nitrogens with two attached hydrogens (primary N) is 1. The maximum absolute atomic E-state index is 12.1. The quantitative estimate of drug-likeness (QED) is 0.738. The SMILES string of the molecule is Cc1nc(COc2ccccc2C(=O)NCCCN)no1. The molecule has 7 heteroatoms. The Balaban J connectivity index is 2.00. The fourth-order valence-electron chi connectivity index (χ4n) is 1.72. The van der Waals surface area contributed by atoms with E-state index in [-0.39, 0.29) is 12.5 Å². The first-order valence-corrected chi connectivity index (χ1v) is 6.70. The second kappa shape index (κ2) is 7.39. The molecule has 0 fully saturated rings. The minimum atomic E-state index is -0.191. The molecular weight excluding hydrogens is 272 g/mol. The summed E-state index contributed by atoms with van der Waals surface area (Å²) in [7, 11) is 0. The number of aromatic nitrogens is 2. The number of aryl methyl sites for hydroxylation is 1. The third-order valence-corrected chi connectivity index (χ3v) is 2.72. The standard InChI is InChI=1S/C14H18N4O3/c1-10-17-13(18-21-10)9-20-12-6-3-2-5-11(12)14(19)16-8-4-7-15/h2-3,5-6H,4,7-9,15H2,1H3,(H,16,19). The predicted octanol–water partition coefficient (Wildman–Crippen LogP) is 1.04. The number of hydrogen-bond donors (Lipinski definition) is 2. The van der Waals surface area contributed by atoms with Crippen molar-refractivity contribution in [2.75, 3.05) is 13.1 Å². The Morgan fingerprint density at radius 1 is 1.43 bits per heavy atom. The summed E-state index contributed by atoms with van der Waals surface area (Å²) in [5.41, 5.74) is 5.87. The number of ether oxygens (including phenoxy) is 1. The summed E-state index contributed by atoms with van der Waals surface area (Å²) < 4.78 is 10.5. The molecule has 0 saturated carbocycles. The molecule has 0 aliphatic carbocycles. The van der Waals surface area contributed by atoms with E-state index in [9.17, 15) is 4.79 Å². The lowest BCUT2D eigenvalue weighted by molar-refractivity contribution is 0.0948. The molecular formula is C14H18N4O3. The van der Waals surface area contributed by atoms with Crippen LogP contribution in [0, 0.1) is 6.92 Å². The molecule has 0 aliphatic rings. The molecule has 0 saturated heterocycles. The van der Waals surface area contributed by atoms with Crippen molar-refractivity contribution in [2.24, 2.45) is 5.73 Å². The van der Waals surface area contributed by atoms with E-state index in [1.165, 1.54) is 0 Å². The smallest absolute Gasteiger partial charge is 0.255 e. The van der Waals surface area contributed by atoms with Crippen LogP contribution >= 0.6 is 0 Å². The molecule has 21 heavy (non-hydrogen) atoms. The summed E-state index contributed by atoms with van der Waals surface area (Å²) in [4.78, 5) is 16.1. The molecule has 7 nitrogen and oxygen atoms in total. The van der Waals surface area contributed by atoms with Gasteiger partial charge in [0.15, 0.2) is 6.61 Å². The molecule has 3 N–H and O–H groups in total. The minimum absolute atomic E-state index is 0.143. The highest BCUT2D eigenvalue weighted by Crippen LogP contribution is 2.18. The van der Waals surface area contributed by atoms with Crippen LogP contribution in [-0.2, 0) is 6.61 Å². The molecule has 2 rings (SSSR count). The summed E-state index contributed by atoms with van der Waals surface area (Å²) in [5, 5.41) is 6.53. The van der Waals surface area contributed by atoms with Gasteiger partial charge in [-0.2, -0.15) is 4.98 Å². The molecule has 0 aliphatic heterocycles. The molecule has 0 radical (unpaired) electrons. The van der Waals surface area contributed by atoms with E-state index in [1.54, 1.807) is 31.2 Å². The highest BCUT2D eigenvalue weighted by Gasteiger charge is 2.12. The van der Waals surface area contributed by atoms with Gasteiger partial charge in [-0.1, -0.05) is 17.3 Å². The van der Waals surface area contributed by atoms with E-state index in [4.69, 9.17) is 15.0 Å². The third-order valence-electron chi connectivity index (χ3n) is 2.72. The number of carbonyl (C=O) groups is 1. The van der Waals surface area contributed by atoms with Gasteiger partial charge < -0.3 is 20.3 Å². The predicted molar refractivity (Wildman–Crippen MR) is 75.8 cm³/mol. The van der Waals surface area contributed by atoms with Gasteiger partial charge in [-0.3, -0.25) is 4.79 Å². The molecule has 2 aromatic rings. The lowest BCUT2D eigenvalue weighted by atomic mass is 10.2. The van der Waals surface area contributed by atoms with Crippen LogP contribution in [0.15, 0.2) is 28.8 Å². The van der Waals surface area contributed by atoms with Crippen LogP contribution in [0.3, 0.4) is 0 Å². The van der Waals surface area contributed by atoms with Crippen LogP contribution < -0.4 is 15.8 Å². The molecule has 1 heterocycles. The molecule has 0 spiro atoms. The first-order chi connectivity index (χ1) is 10.2. The number of benzene rings is 1. The van der Waals surface area contributed by atoms with Crippen molar-refractivity contribution in [1.82, 2.24) is 15.5 Å². The van der Waals surface area contributed by atoms with E-state index in [1.807, 2.05) is 0 Å². The monoisotopic (exact) mass is 290 g/mol. The van der Waals surface area contributed by atoms with Crippen molar-refractivity contribution in [1.29, 1.82) is 0 Å². The first-order valence-electron chi connectivity index (χ1n) is 6.70. The van der Waals surface area contributed by atoms with Crippen LogP contribution in [0.5, 0.6) is 5.75 Å². The summed E-state index contributed by atoms with van der Waals surface area (Å²) >= 11 is 0. The largest absolute Gasteiger partial charge is 0.485 e. The van der Waals surface area contributed by atoms with Gasteiger partial charge >= 0.3 is 0 Å². The van der Waals surface area contributed by atoms with E-state index in [0.717, 1.165) is 6.42 Å². The van der Waals surface area contributed by atoms with Crippen molar-refractivity contribution in [3.8, 4) is 5.75 Å². The summed E-state index contributed by atoms with van der Waals surface area (Å²) in [6.45, 7) is 2.92. The Morgan fingerprint density at radius 3 is 2.95 bits per heavy atom. The zero-order valence-corrected chi connectivity index (χ0v) is 11.8. The highest BCUT2D eigenvalue weighted by atomic mass is 16.5. The van der Waals surface area contributed by atoms with Crippen LogP contribution in [0.1, 0.15) is 28.5 Å². The van der Waals surface area contributed by atoms with Crippen LogP contribution in [0.4, 0.5) is 0 Å². The number of nitrogens with zero attached hydrogens (tertiary/aromatic N) is 2. The fourth-order valence-corrected chi connectivity index (χ4v) is 1.72. The van der Waals surface area contributed by atoms with E-state index < -0.39 is 0 Å². The second-order valence-electron chi connectivity index (χ2n) is 4.41. The average Bonchev–Trinajstić information content (AvgIpc) is 2.91. The van der Waals surface area contributed by atoms with Gasteiger partial charge in [-0.25, -0.2) is 0 Å². The first kappa shape index (κ1) is 15.0. The number of amides is 1. The van der Waals surface area contributed by atoms with Crippen LogP contribution in [0.2, 0.25) is 0 Å². The molecule has 0 bridgehead atoms. The summed E-state index contributed by atoms with van der Waals surface area (Å²) in [5.74, 6) is 1.20. The average molecular weight is 290 g/mol. The third kappa shape index (κ3) is 4.28. The Hall–Kier alpha value is -2.41. The van der Waals surface area contributed by atoms with Gasteiger partial charge in [-0.15, -0.1) is 0 Å². The van der Waals surface area contributed by atoms with Gasteiger partial charge in [0.25, 0.3) is 5.91 Å². The van der Waals surface area contributed by atoms with Gasteiger partial charge in [0, 0.05) is 13.5 Å².